The first-order chi connectivity index (χ1) is 14.8. The Morgan fingerprint density at radius 1 is 1.17 bits per heavy atom. The normalized spacial score (nSPS) is 19.2. The van der Waals surface area contributed by atoms with E-state index in [9.17, 15) is 0 Å². The van der Waals surface area contributed by atoms with Gasteiger partial charge in [-0.05, 0) is 36.5 Å². The Morgan fingerprint density at radius 3 is 2.80 bits per heavy atom. The summed E-state index contributed by atoms with van der Waals surface area (Å²) in [7, 11) is 0. The predicted molar refractivity (Wildman–Crippen MR) is 128 cm³/mol. The van der Waals surface area contributed by atoms with Gasteiger partial charge in [-0.15, -0.1) is 11.8 Å². The molecule has 0 unspecified atom stereocenters. The molecule has 1 aromatic carbocycles. The second-order valence-corrected chi connectivity index (χ2v) is 9.28. The Balaban J connectivity index is 1.59. The summed E-state index contributed by atoms with van der Waals surface area (Å²) in [5.74, 6) is 2.71. The molecule has 30 heavy (non-hydrogen) atoms. The minimum atomic E-state index is 0.660. The first-order valence-corrected chi connectivity index (χ1v) is 12.1. The lowest BCUT2D eigenvalue weighted by Gasteiger charge is -2.32. The molecule has 0 bridgehead atoms. The van der Waals surface area contributed by atoms with Gasteiger partial charge in [0.2, 0.25) is 0 Å². The second-order valence-electron chi connectivity index (χ2n) is 8.23. The third-order valence-electron chi connectivity index (χ3n) is 6.04. The Hall–Kier alpha value is -2.04. The maximum atomic E-state index is 6.35. The van der Waals surface area contributed by atoms with Crippen molar-refractivity contribution in [1.82, 2.24) is 4.90 Å². The fraction of sp³-hybridized carbons (Fsp3) is 0.423. The molecule has 158 valence electrons. The number of hydrogen-bond acceptors (Lipinski definition) is 4. The molecule has 0 fully saturated rings. The van der Waals surface area contributed by atoms with Crippen LogP contribution in [-0.2, 0) is 4.74 Å². The molecule has 1 aliphatic carbocycles. The lowest BCUT2D eigenvalue weighted by Crippen LogP contribution is -2.37. The van der Waals surface area contributed by atoms with Crippen molar-refractivity contribution >= 4 is 17.5 Å². The molecule has 2 heterocycles. The molecule has 0 N–H and O–H groups in total. The molecule has 0 atom stereocenters. The van der Waals surface area contributed by atoms with E-state index < -0.39 is 0 Å². The van der Waals surface area contributed by atoms with Gasteiger partial charge in [0.15, 0.2) is 5.76 Å². The highest BCUT2D eigenvalue weighted by Gasteiger charge is 2.28. The Labute approximate surface area is 185 Å². The average Bonchev–Trinajstić information content (AvgIpc) is 3.09. The molecule has 4 rings (SSSR count). The van der Waals surface area contributed by atoms with Gasteiger partial charge in [-0.25, -0.2) is 0 Å². The summed E-state index contributed by atoms with van der Waals surface area (Å²) >= 11 is 1.91. The predicted octanol–water partition coefficient (Wildman–Crippen LogP) is 6.37. The van der Waals surface area contributed by atoms with Gasteiger partial charge in [-0.2, -0.15) is 0 Å². The number of fused-ring (bicyclic) bond motifs is 2. The highest BCUT2D eigenvalue weighted by atomic mass is 32.2. The van der Waals surface area contributed by atoms with E-state index in [4.69, 9.17) is 9.73 Å². The molecule has 0 aromatic heterocycles. The highest BCUT2D eigenvalue weighted by Crippen LogP contribution is 2.33. The van der Waals surface area contributed by atoms with Crippen LogP contribution in [0, 0.1) is 5.92 Å². The van der Waals surface area contributed by atoms with Crippen LogP contribution >= 0.6 is 11.8 Å². The van der Waals surface area contributed by atoms with Crippen LogP contribution in [0.25, 0.3) is 0 Å². The van der Waals surface area contributed by atoms with Crippen molar-refractivity contribution < 1.29 is 4.74 Å². The molecular formula is C26H32N2OS. The van der Waals surface area contributed by atoms with Gasteiger partial charge in [0.05, 0.1) is 0 Å². The van der Waals surface area contributed by atoms with Crippen LogP contribution in [-0.4, -0.2) is 36.2 Å². The lowest BCUT2D eigenvalue weighted by atomic mass is 10.0. The van der Waals surface area contributed by atoms with E-state index in [1.807, 2.05) is 18.0 Å². The monoisotopic (exact) mass is 420 g/mol. The SMILES string of the molecule is CCC(CC)CN1COC2=C(C=C(CSc3ccccc3)CC3=CCC=CN=C32)C1. The summed E-state index contributed by atoms with van der Waals surface area (Å²) in [6.07, 6.45) is 13.1. The Morgan fingerprint density at radius 2 is 2.00 bits per heavy atom. The lowest BCUT2D eigenvalue weighted by molar-refractivity contribution is 0.0559. The minimum absolute atomic E-state index is 0.660. The summed E-state index contributed by atoms with van der Waals surface area (Å²) in [6.45, 7) is 7.28. The Kier molecular flexibility index (Phi) is 7.29. The van der Waals surface area contributed by atoms with Crippen LogP contribution in [0.3, 0.4) is 0 Å². The number of aliphatic imine (C=N–C) groups is 1. The number of thioether (sulfide) groups is 1. The molecule has 0 saturated heterocycles. The van der Waals surface area contributed by atoms with Crippen LogP contribution in [0.5, 0.6) is 0 Å². The molecule has 3 aliphatic rings. The van der Waals surface area contributed by atoms with Crippen LogP contribution < -0.4 is 0 Å². The van der Waals surface area contributed by atoms with Crippen LogP contribution in [0.15, 0.2) is 87.1 Å². The summed E-state index contributed by atoms with van der Waals surface area (Å²) in [5.41, 5.74) is 5.08. The van der Waals surface area contributed by atoms with Crippen molar-refractivity contribution in [1.29, 1.82) is 0 Å². The number of hydrogen-bond donors (Lipinski definition) is 0. The number of rotatable bonds is 7. The van der Waals surface area contributed by atoms with Crippen LogP contribution in [0.4, 0.5) is 0 Å². The summed E-state index contributed by atoms with van der Waals surface area (Å²) in [4.78, 5) is 8.56. The van der Waals surface area contributed by atoms with Crippen molar-refractivity contribution in [2.75, 3.05) is 25.6 Å². The zero-order valence-electron chi connectivity index (χ0n) is 18.1. The standard InChI is InChI=1S/C26H32N2OS/c1-3-20(4-2)16-28-17-23-15-21(18-30-24-11-6-5-7-12-24)14-22-10-8-9-13-27-25(22)26(23)29-19-28/h5-7,9-13,15,20H,3-4,8,14,16-19H2,1-2H3. The third-order valence-corrected chi connectivity index (χ3v) is 7.16. The van der Waals surface area contributed by atoms with Gasteiger partial charge < -0.3 is 4.74 Å². The quantitative estimate of drug-likeness (QED) is 0.479. The smallest absolute Gasteiger partial charge is 0.151 e. The molecule has 0 radical (unpaired) electrons. The fourth-order valence-electron chi connectivity index (χ4n) is 4.23. The molecule has 3 nitrogen and oxygen atoms in total. The maximum absolute atomic E-state index is 6.35. The van der Waals surface area contributed by atoms with E-state index in [0.29, 0.717) is 6.73 Å². The fourth-order valence-corrected chi connectivity index (χ4v) is 5.12. The third kappa shape index (κ3) is 5.16. The zero-order valence-corrected chi connectivity index (χ0v) is 19.0. The van der Waals surface area contributed by atoms with Gasteiger partial charge in [0, 0.05) is 35.5 Å². The highest BCUT2D eigenvalue weighted by molar-refractivity contribution is 7.99. The molecular weight excluding hydrogens is 388 g/mol. The number of nitrogens with zero attached hydrogens (tertiary/aromatic N) is 2. The average molecular weight is 421 g/mol. The number of benzene rings is 1. The van der Waals surface area contributed by atoms with Gasteiger partial charge >= 0.3 is 0 Å². The maximum Gasteiger partial charge on any atom is 0.151 e. The van der Waals surface area contributed by atoms with Crippen molar-refractivity contribution in [3.05, 3.63) is 77.2 Å². The topological polar surface area (TPSA) is 24.8 Å². The van der Waals surface area contributed by atoms with E-state index in [1.165, 1.54) is 34.5 Å². The first kappa shape index (κ1) is 21.2. The van der Waals surface area contributed by atoms with Crippen LogP contribution in [0.2, 0.25) is 0 Å². The second kappa shape index (κ2) is 10.3. The summed E-state index contributed by atoms with van der Waals surface area (Å²) < 4.78 is 6.35. The van der Waals surface area contributed by atoms with E-state index >= 15 is 0 Å². The zero-order chi connectivity index (χ0) is 20.8. The first-order valence-electron chi connectivity index (χ1n) is 11.1. The summed E-state index contributed by atoms with van der Waals surface area (Å²) in [5, 5.41) is 0. The van der Waals surface area contributed by atoms with Gasteiger partial charge in [0.25, 0.3) is 0 Å². The van der Waals surface area contributed by atoms with E-state index in [1.54, 1.807) is 0 Å². The molecule has 2 aliphatic heterocycles. The van der Waals surface area contributed by atoms with Crippen molar-refractivity contribution in [3.63, 3.8) is 0 Å². The molecule has 0 saturated carbocycles. The molecule has 0 amide bonds. The van der Waals surface area contributed by atoms with Gasteiger partial charge in [0.1, 0.15) is 12.4 Å². The molecule has 4 heteroatoms. The van der Waals surface area contributed by atoms with Gasteiger partial charge in [-0.1, -0.05) is 68.7 Å². The van der Waals surface area contributed by atoms with E-state index in [2.05, 4.69) is 67.3 Å². The van der Waals surface area contributed by atoms with Crippen molar-refractivity contribution in [2.45, 2.75) is 44.4 Å². The molecule has 1 aromatic rings. The van der Waals surface area contributed by atoms with Gasteiger partial charge in [-0.3, -0.25) is 9.89 Å². The Bertz CT molecular complexity index is 891. The number of allylic oxidation sites excluding steroid dienone is 3. The van der Waals surface area contributed by atoms with Crippen molar-refractivity contribution in [3.8, 4) is 0 Å². The molecule has 0 spiro atoms. The van der Waals surface area contributed by atoms with E-state index in [0.717, 1.165) is 49.1 Å². The van der Waals surface area contributed by atoms with E-state index in [-0.39, 0.29) is 0 Å². The number of ether oxygens (including phenoxy) is 1. The van der Waals surface area contributed by atoms with Crippen molar-refractivity contribution in [2.24, 2.45) is 10.9 Å². The minimum Gasteiger partial charge on any atom is -0.476 e. The largest absolute Gasteiger partial charge is 0.476 e. The summed E-state index contributed by atoms with van der Waals surface area (Å²) in [6, 6.07) is 10.7. The van der Waals surface area contributed by atoms with Crippen LogP contribution in [0.1, 0.15) is 39.5 Å².